The summed E-state index contributed by atoms with van der Waals surface area (Å²) >= 11 is 0. The predicted octanol–water partition coefficient (Wildman–Crippen LogP) is 2.38. The molecule has 0 fully saturated rings. The Balaban J connectivity index is 1.67. The second-order valence-corrected chi connectivity index (χ2v) is 4.70. The third kappa shape index (κ3) is 2.58. The summed E-state index contributed by atoms with van der Waals surface area (Å²) < 4.78 is 7.70. The number of nitrogens with one attached hydrogen (secondary N) is 1. The van der Waals surface area contributed by atoms with E-state index in [2.05, 4.69) is 34.7 Å². The van der Waals surface area contributed by atoms with Gasteiger partial charge < -0.3 is 9.73 Å². The van der Waals surface area contributed by atoms with Gasteiger partial charge in [-0.1, -0.05) is 30.3 Å². The first-order valence-corrected chi connectivity index (χ1v) is 6.92. The number of rotatable bonds is 6. The van der Waals surface area contributed by atoms with Crippen LogP contribution < -0.4 is 5.32 Å². The zero-order valence-corrected chi connectivity index (χ0v) is 11.5. The summed E-state index contributed by atoms with van der Waals surface area (Å²) in [4.78, 5) is 0. The molecule has 1 aromatic carbocycles. The molecule has 104 valence electrons. The molecule has 2 aromatic heterocycles. The van der Waals surface area contributed by atoms with E-state index in [4.69, 9.17) is 4.42 Å². The Hall–Kier alpha value is -2.14. The van der Waals surface area contributed by atoms with Gasteiger partial charge in [-0.05, 0) is 6.07 Å². The van der Waals surface area contributed by atoms with Crippen molar-refractivity contribution in [3.8, 4) is 0 Å². The van der Waals surface area contributed by atoms with Crippen LogP contribution >= 0.6 is 0 Å². The minimum atomic E-state index is 0.814. The van der Waals surface area contributed by atoms with Crippen LogP contribution in [0.5, 0.6) is 0 Å². The number of nitrogens with zero attached hydrogens (tertiary/aromatic N) is 3. The van der Waals surface area contributed by atoms with E-state index in [0.717, 1.165) is 37.4 Å². The zero-order chi connectivity index (χ0) is 13.8. The Bertz CT molecular complexity index is 672. The van der Waals surface area contributed by atoms with Crippen LogP contribution in [0.3, 0.4) is 0 Å². The molecule has 5 heteroatoms. The van der Waals surface area contributed by atoms with E-state index in [1.807, 2.05) is 23.0 Å². The monoisotopic (exact) mass is 270 g/mol. The molecule has 0 aliphatic carbocycles. The molecule has 0 spiro atoms. The number of hydrogen-bond donors (Lipinski definition) is 1. The summed E-state index contributed by atoms with van der Waals surface area (Å²) in [5, 5.41) is 12.4. The lowest BCUT2D eigenvalue weighted by molar-refractivity contribution is 0.524. The van der Waals surface area contributed by atoms with Crippen molar-refractivity contribution < 1.29 is 4.42 Å². The first-order valence-electron chi connectivity index (χ1n) is 6.92. The van der Waals surface area contributed by atoms with Gasteiger partial charge in [0.1, 0.15) is 11.3 Å². The molecule has 3 rings (SSSR count). The Morgan fingerprint density at radius 1 is 1.30 bits per heavy atom. The highest BCUT2D eigenvalue weighted by molar-refractivity contribution is 5.82. The fourth-order valence-corrected chi connectivity index (χ4v) is 2.39. The number of hydrogen-bond acceptors (Lipinski definition) is 4. The molecule has 0 atom stereocenters. The molecule has 0 aliphatic heterocycles. The van der Waals surface area contributed by atoms with Crippen molar-refractivity contribution in [2.24, 2.45) is 0 Å². The number of aromatic nitrogens is 3. The van der Waals surface area contributed by atoms with Gasteiger partial charge in [0, 0.05) is 36.7 Å². The highest BCUT2D eigenvalue weighted by Gasteiger charge is 2.11. The van der Waals surface area contributed by atoms with Gasteiger partial charge in [-0.25, -0.2) is 0 Å². The number of benzene rings is 1. The van der Waals surface area contributed by atoms with Crippen molar-refractivity contribution in [2.45, 2.75) is 26.4 Å². The van der Waals surface area contributed by atoms with Crippen molar-refractivity contribution in [1.82, 2.24) is 20.3 Å². The van der Waals surface area contributed by atoms with Gasteiger partial charge >= 0.3 is 0 Å². The first-order chi connectivity index (χ1) is 9.88. The van der Waals surface area contributed by atoms with E-state index in [-0.39, 0.29) is 0 Å². The Kier molecular flexibility index (Phi) is 3.78. The summed E-state index contributed by atoms with van der Waals surface area (Å²) in [5.41, 5.74) is 2.24. The van der Waals surface area contributed by atoms with E-state index in [1.54, 1.807) is 6.20 Å². The van der Waals surface area contributed by atoms with Gasteiger partial charge in [-0.2, -0.15) is 0 Å². The average Bonchev–Trinajstić information content (AvgIpc) is 3.11. The minimum absolute atomic E-state index is 0.814. The Morgan fingerprint density at radius 3 is 3.00 bits per heavy atom. The minimum Gasteiger partial charge on any atom is -0.461 e. The van der Waals surface area contributed by atoms with Crippen LogP contribution in [0.25, 0.3) is 11.0 Å². The fraction of sp³-hybridized carbons (Fsp3) is 0.333. The summed E-state index contributed by atoms with van der Waals surface area (Å²) in [5.74, 6) is 1.07. The zero-order valence-electron chi connectivity index (χ0n) is 11.5. The third-order valence-electron chi connectivity index (χ3n) is 3.39. The number of para-hydroxylation sites is 1. The van der Waals surface area contributed by atoms with Crippen LogP contribution in [0.1, 0.15) is 18.2 Å². The van der Waals surface area contributed by atoms with Crippen molar-refractivity contribution in [2.75, 3.05) is 6.54 Å². The molecular weight excluding hydrogens is 252 g/mol. The van der Waals surface area contributed by atoms with E-state index in [1.165, 1.54) is 10.9 Å². The molecule has 0 saturated carbocycles. The molecule has 3 aromatic rings. The quantitative estimate of drug-likeness (QED) is 0.699. The molecule has 0 saturated heterocycles. The maximum atomic E-state index is 5.88. The highest BCUT2D eigenvalue weighted by atomic mass is 16.3. The molecule has 5 nitrogen and oxygen atoms in total. The van der Waals surface area contributed by atoms with E-state index in [9.17, 15) is 0 Å². The van der Waals surface area contributed by atoms with Crippen LogP contribution in [0.4, 0.5) is 0 Å². The van der Waals surface area contributed by atoms with Crippen LogP contribution in [-0.2, 0) is 19.5 Å². The van der Waals surface area contributed by atoms with Crippen molar-refractivity contribution in [1.29, 1.82) is 0 Å². The maximum absolute atomic E-state index is 5.88. The van der Waals surface area contributed by atoms with Gasteiger partial charge in [-0.15, -0.1) is 5.10 Å². The van der Waals surface area contributed by atoms with Crippen molar-refractivity contribution in [3.05, 3.63) is 48.0 Å². The highest BCUT2D eigenvalue weighted by Crippen LogP contribution is 2.25. The normalized spacial score (nSPS) is 11.2. The van der Waals surface area contributed by atoms with E-state index < -0.39 is 0 Å². The van der Waals surface area contributed by atoms with E-state index in [0.29, 0.717) is 0 Å². The fourth-order valence-electron chi connectivity index (χ4n) is 2.39. The topological polar surface area (TPSA) is 55.9 Å². The molecule has 0 unspecified atom stereocenters. The molecule has 0 radical (unpaired) electrons. The summed E-state index contributed by atoms with van der Waals surface area (Å²) in [6.45, 7) is 4.61. The summed E-state index contributed by atoms with van der Waals surface area (Å²) in [6.07, 6.45) is 4.47. The van der Waals surface area contributed by atoms with Crippen LogP contribution in [-0.4, -0.2) is 21.5 Å². The maximum Gasteiger partial charge on any atom is 0.134 e. The Morgan fingerprint density at radius 2 is 2.20 bits per heavy atom. The standard InChI is InChI=1S/C15H18N4O/c1-2-14-13(12-5-3-4-6-15(12)20-14)11-16-7-9-19-10-8-17-18-19/h3-6,8,10,16H,2,7,9,11H2,1H3. The van der Waals surface area contributed by atoms with Crippen LogP contribution in [0.15, 0.2) is 41.1 Å². The van der Waals surface area contributed by atoms with Gasteiger partial charge in [0.15, 0.2) is 0 Å². The molecule has 2 heterocycles. The Labute approximate surface area is 117 Å². The largest absolute Gasteiger partial charge is 0.461 e. The molecule has 0 aliphatic rings. The van der Waals surface area contributed by atoms with Crippen molar-refractivity contribution in [3.63, 3.8) is 0 Å². The number of aryl methyl sites for hydroxylation is 1. The molecule has 0 amide bonds. The van der Waals surface area contributed by atoms with Crippen LogP contribution in [0.2, 0.25) is 0 Å². The average molecular weight is 270 g/mol. The van der Waals surface area contributed by atoms with Gasteiger partial charge in [0.25, 0.3) is 0 Å². The molecule has 20 heavy (non-hydrogen) atoms. The SMILES string of the molecule is CCc1oc2ccccc2c1CNCCn1ccnn1. The van der Waals surface area contributed by atoms with Gasteiger partial charge in [0.05, 0.1) is 12.7 Å². The summed E-state index contributed by atoms with van der Waals surface area (Å²) in [7, 11) is 0. The molecule has 0 bridgehead atoms. The lowest BCUT2D eigenvalue weighted by Gasteiger charge is -2.05. The van der Waals surface area contributed by atoms with Crippen LogP contribution in [0, 0.1) is 0 Å². The third-order valence-corrected chi connectivity index (χ3v) is 3.39. The van der Waals surface area contributed by atoms with E-state index >= 15 is 0 Å². The molecule has 1 N–H and O–H groups in total. The van der Waals surface area contributed by atoms with Gasteiger partial charge in [0.2, 0.25) is 0 Å². The van der Waals surface area contributed by atoms with Crippen molar-refractivity contribution >= 4 is 11.0 Å². The lowest BCUT2D eigenvalue weighted by Crippen LogP contribution is -2.20. The number of fused-ring (bicyclic) bond motifs is 1. The lowest BCUT2D eigenvalue weighted by atomic mass is 10.1. The molecular formula is C15H18N4O. The van der Waals surface area contributed by atoms with Gasteiger partial charge in [-0.3, -0.25) is 4.68 Å². The second kappa shape index (κ2) is 5.88. The second-order valence-electron chi connectivity index (χ2n) is 4.70. The number of furan rings is 1. The first kappa shape index (κ1) is 12.9. The smallest absolute Gasteiger partial charge is 0.134 e. The summed E-state index contributed by atoms with van der Waals surface area (Å²) in [6, 6.07) is 8.20. The predicted molar refractivity (Wildman–Crippen MR) is 77.3 cm³/mol.